The zero-order chi connectivity index (χ0) is 22.5. The number of benzene rings is 2. The Balaban J connectivity index is 1.53. The lowest BCUT2D eigenvalue weighted by Gasteiger charge is -2.41. The maximum Gasteiger partial charge on any atom is 0.256 e. The molecule has 0 aromatic heterocycles. The summed E-state index contributed by atoms with van der Waals surface area (Å²) < 4.78 is 20.5. The molecule has 1 saturated heterocycles. The molecular weight excluding hydrogens is 407 g/mol. The second-order valence-electron chi connectivity index (χ2n) is 9.58. The summed E-state index contributed by atoms with van der Waals surface area (Å²) in [5, 5.41) is 0. The Bertz CT molecular complexity index is 1060. The van der Waals surface area contributed by atoms with Gasteiger partial charge in [0.15, 0.2) is 0 Å². The normalized spacial score (nSPS) is 24.1. The predicted molar refractivity (Wildman–Crippen MR) is 122 cm³/mol. The Morgan fingerprint density at radius 1 is 1.09 bits per heavy atom. The largest absolute Gasteiger partial charge is 0.368 e. The summed E-state index contributed by atoms with van der Waals surface area (Å²) in [5.74, 6) is -0.456. The van der Waals surface area contributed by atoms with Crippen LogP contribution in [-0.4, -0.2) is 37.1 Å². The van der Waals surface area contributed by atoms with E-state index < -0.39 is 6.10 Å². The van der Waals surface area contributed by atoms with Crippen molar-refractivity contribution in [2.24, 2.45) is 5.41 Å². The van der Waals surface area contributed by atoms with Crippen molar-refractivity contribution < 1.29 is 18.7 Å². The molecule has 0 N–H and O–H groups in total. The smallest absolute Gasteiger partial charge is 0.256 e. The number of nitrogens with zero attached hydrogens (tertiary/aromatic N) is 2. The van der Waals surface area contributed by atoms with Crippen LogP contribution >= 0.6 is 0 Å². The Kier molecular flexibility index (Phi) is 5.28. The number of halogens is 1. The predicted octanol–water partition coefficient (Wildman–Crippen LogP) is 4.93. The summed E-state index contributed by atoms with van der Waals surface area (Å²) in [7, 11) is 0. The van der Waals surface area contributed by atoms with Crippen molar-refractivity contribution in [2.45, 2.75) is 58.1 Å². The van der Waals surface area contributed by atoms with E-state index in [4.69, 9.17) is 4.74 Å². The van der Waals surface area contributed by atoms with Gasteiger partial charge in [0, 0.05) is 19.0 Å². The third kappa shape index (κ3) is 3.51. The van der Waals surface area contributed by atoms with Crippen LogP contribution in [-0.2, 0) is 14.3 Å². The van der Waals surface area contributed by atoms with Gasteiger partial charge in [-0.15, -0.1) is 0 Å². The van der Waals surface area contributed by atoms with E-state index in [1.807, 2.05) is 25.1 Å². The van der Waals surface area contributed by atoms with Gasteiger partial charge in [0.2, 0.25) is 5.91 Å². The molecule has 1 unspecified atom stereocenters. The van der Waals surface area contributed by atoms with Gasteiger partial charge in [-0.25, -0.2) is 4.39 Å². The van der Waals surface area contributed by atoms with Gasteiger partial charge >= 0.3 is 0 Å². The molecule has 0 bridgehead atoms. The third-order valence-electron chi connectivity index (χ3n) is 7.35. The number of anilines is 2. The van der Waals surface area contributed by atoms with Crippen LogP contribution in [0.15, 0.2) is 42.5 Å². The number of rotatable bonds is 2. The highest BCUT2D eigenvalue weighted by molar-refractivity contribution is 6.06. The molecule has 168 valence electrons. The van der Waals surface area contributed by atoms with E-state index in [2.05, 4.69) is 0 Å². The van der Waals surface area contributed by atoms with Gasteiger partial charge in [0.1, 0.15) is 11.9 Å². The van der Waals surface area contributed by atoms with Crippen LogP contribution in [0, 0.1) is 11.2 Å². The first kappa shape index (κ1) is 21.1. The van der Waals surface area contributed by atoms with Crippen LogP contribution in [0.25, 0.3) is 11.1 Å². The van der Waals surface area contributed by atoms with Crippen molar-refractivity contribution in [3.63, 3.8) is 0 Å². The monoisotopic (exact) mass is 436 g/mol. The molecule has 5 rings (SSSR count). The third-order valence-corrected chi connectivity index (χ3v) is 7.35. The van der Waals surface area contributed by atoms with E-state index in [0.29, 0.717) is 35.7 Å². The van der Waals surface area contributed by atoms with E-state index >= 15 is 0 Å². The first-order chi connectivity index (χ1) is 15.4. The number of amides is 2. The summed E-state index contributed by atoms with van der Waals surface area (Å²) in [6.07, 6.45) is 4.95. The Hall–Kier alpha value is -2.73. The molecule has 1 spiro atoms. The minimum atomic E-state index is -0.464. The molecule has 2 aromatic rings. The van der Waals surface area contributed by atoms with Crippen LogP contribution < -0.4 is 9.80 Å². The van der Waals surface area contributed by atoms with Crippen molar-refractivity contribution in [1.82, 2.24) is 0 Å². The number of hydrogen-bond donors (Lipinski definition) is 0. The SMILES string of the molecule is CC(=O)N1c2ccc(-c3ccccc3F)cc2N(C(=O)C2CC3(CCCC3)CO2)C[C@@H]1C. The first-order valence-electron chi connectivity index (χ1n) is 11.5. The van der Waals surface area contributed by atoms with Crippen LogP contribution in [0.4, 0.5) is 15.8 Å². The second kappa shape index (κ2) is 8.00. The van der Waals surface area contributed by atoms with E-state index in [0.717, 1.165) is 19.3 Å². The average molecular weight is 437 g/mol. The highest BCUT2D eigenvalue weighted by Gasteiger charge is 2.47. The number of carbonyl (C=O) groups is 2. The fourth-order valence-electron chi connectivity index (χ4n) is 5.77. The number of ether oxygens (including phenoxy) is 1. The molecule has 2 aliphatic heterocycles. The molecule has 0 radical (unpaired) electrons. The molecule has 2 aromatic carbocycles. The molecule has 2 heterocycles. The highest BCUT2D eigenvalue weighted by atomic mass is 19.1. The highest BCUT2D eigenvalue weighted by Crippen LogP contribution is 2.48. The molecule has 2 atom stereocenters. The standard InChI is InChI=1S/C26H29FN2O3/c1-17-15-28(25(31)24-14-26(16-32-24)11-5-6-12-26)23-13-19(20-7-3-4-8-21(20)27)9-10-22(23)29(17)18(2)30/h3-4,7-10,13,17,24H,5-6,11-12,14-16H2,1-2H3/t17-,24?/m0/s1. The Morgan fingerprint density at radius 3 is 2.56 bits per heavy atom. The number of hydrogen-bond acceptors (Lipinski definition) is 3. The van der Waals surface area contributed by atoms with Crippen LogP contribution in [0.3, 0.4) is 0 Å². The molecule has 6 heteroatoms. The van der Waals surface area contributed by atoms with Gasteiger partial charge < -0.3 is 14.5 Å². The molecule has 2 amide bonds. The maximum atomic E-state index is 14.5. The summed E-state index contributed by atoms with van der Waals surface area (Å²) in [4.78, 5) is 29.6. The fourth-order valence-corrected chi connectivity index (χ4v) is 5.77. The lowest BCUT2D eigenvalue weighted by molar-refractivity contribution is -0.127. The van der Waals surface area contributed by atoms with E-state index in [1.165, 1.54) is 25.8 Å². The van der Waals surface area contributed by atoms with Crippen molar-refractivity contribution in [3.05, 3.63) is 48.3 Å². The molecular formula is C26H29FN2O3. The van der Waals surface area contributed by atoms with Gasteiger partial charge in [-0.05, 0) is 55.4 Å². The summed E-state index contributed by atoms with van der Waals surface area (Å²) in [5.41, 5.74) is 2.61. The average Bonchev–Trinajstić information content (AvgIpc) is 3.42. The number of carbonyl (C=O) groups excluding carboxylic acids is 2. The summed E-state index contributed by atoms with van der Waals surface area (Å²) in [6, 6.07) is 11.9. The van der Waals surface area contributed by atoms with Crippen LogP contribution in [0.2, 0.25) is 0 Å². The zero-order valence-corrected chi connectivity index (χ0v) is 18.6. The molecule has 32 heavy (non-hydrogen) atoms. The molecule has 2 fully saturated rings. The van der Waals surface area contributed by atoms with Gasteiger partial charge in [0.25, 0.3) is 5.91 Å². The van der Waals surface area contributed by atoms with E-state index in [-0.39, 0.29) is 29.1 Å². The van der Waals surface area contributed by atoms with E-state index in [1.54, 1.807) is 28.0 Å². The van der Waals surface area contributed by atoms with Gasteiger partial charge in [0.05, 0.1) is 24.0 Å². The second-order valence-corrected chi connectivity index (χ2v) is 9.58. The minimum Gasteiger partial charge on any atom is -0.368 e. The molecule has 3 aliphatic rings. The molecule has 1 saturated carbocycles. The van der Waals surface area contributed by atoms with Crippen LogP contribution in [0.1, 0.15) is 46.0 Å². The topological polar surface area (TPSA) is 49.9 Å². The molecule has 1 aliphatic carbocycles. The van der Waals surface area contributed by atoms with Crippen molar-refractivity contribution >= 4 is 23.2 Å². The lowest BCUT2D eigenvalue weighted by Crippen LogP contribution is -2.53. The quantitative estimate of drug-likeness (QED) is 0.671. The van der Waals surface area contributed by atoms with Crippen molar-refractivity contribution in [2.75, 3.05) is 23.0 Å². The van der Waals surface area contributed by atoms with Gasteiger partial charge in [-0.1, -0.05) is 37.1 Å². The Labute approximate surface area is 188 Å². The van der Waals surface area contributed by atoms with Crippen molar-refractivity contribution in [1.29, 1.82) is 0 Å². The first-order valence-corrected chi connectivity index (χ1v) is 11.5. The number of fused-ring (bicyclic) bond motifs is 1. The summed E-state index contributed by atoms with van der Waals surface area (Å²) in [6.45, 7) is 4.52. The fraction of sp³-hybridized carbons (Fsp3) is 0.462. The molecule has 5 nitrogen and oxygen atoms in total. The lowest BCUT2D eigenvalue weighted by atomic mass is 9.83. The zero-order valence-electron chi connectivity index (χ0n) is 18.6. The van der Waals surface area contributed by atoms with Crippen LogP contribution in [0.5, 0.6) is 0 Å². The van der Waals surface area contributed by atoms with Gasteiger partial charge in [-0.3, -0.25) is 9.59 Å². The maximum absolute atomic E-state index is 14.5. The minimum absolute atomic E-state index is 0.0595. The van der Waals surface area contributed by atoms with Crippen molar-refractivity contribution in [3.8, 4) is 11.1 Å². The summed E-state index contributed by atoms with van der Waals surface area (Å²) >= 11 is 0. The van der Waals surface area contributed by atoms with Gasteiger partial charge in [-0.2, -0.15) is 0 Å². The Morgan fingerprint density at radius 2 is 1.84 bits per heavy atom. The van der Waals surface area contributed by atoms with E-state index in [9.17, 15) is 14.0 Å².